The molecule has 14 heavy (non-hydrogen) atoms. The van der Waals surface area contributed by atoms with Gasteiger partial charge in [0.1, 0.15) is 5.76 Å². The molecule has 2 atom stereocenters. The van der Waals surface area contributed by atoms with E-state index in [0.29, 0.717) is 0 Å². The first-order valence-corrected chi connectivity index (χ1v) is 5.59. The molecule has 0 radical (unpaired) electrons. The smallest absolute Gasteiger partial charge is 0.114 e. The Bertz CT molecular complexity index is 238. The van der Waals surface area contributed by atoms with E-state index in [1.54, 1.807) is 7.11 Å². The molecule has 1 aliphatic rings. The SMILES string of the molecule is CCC(C)CC1CC=C(OC)C=C1C. The Labute approximate surface area is 87.8 Å². The number of ether oxygens (including phenoxy) is 1. The van der Waals surface area contributed by atoms with Crippen LogP contribution >= 0.6 is 0 Å². The Kier molecular flexibility index (Phi) is 4.24. The molecule has 80 valence electrons. The number of hydrogen-bond donors (Lipinski definition) is 0. The van der Waals surface area contributed by atoms with Crippen LogP contribution in [0.25, 0.3) is 0 Å². The lowest BCUT2D eigenvalue weighted by Gasteiger charge is -2.23. The molecule has 0 fully saturated rings. The van der Waals surface area contributed by atoms with Gasteiger partial charge >= 0.3 is 0 Å². The van der Waals surface area contributed by atoms with Crippen molar-refractivity contribution in [1.82, 2.24) is 0 Å². The number of methoxy groups -OCH3 is 1. The molecule has 0 aromatic heterocycles. The van der Waals surface area contributed by atoms with E-state index >= 15 is 0 Å². The first-order valence-electron chi connectivity index (χ1n) is 5.59. The zero-order chi connectivity index (χ0) is 10.6. The van der Waals surface area contributed by atoms with E-state index in [1.807, 2.05) is 0 Å². The van der Waals surface area contributed by atoms with Gasteiger partial charge in [-0.15, -0.1) is 0 Å². The van der Waals surface area contributed by atoms with E-state index in [4.69, 9.17) is 4.74 Å². The van der Waals surface area contributed by atoms with Crippen LogP contribution < -0.4 is 0 Å². The molecular weight excluding hydrogens is 172 g/mol. The largest absolute Gasteiger partial charge is 0.497 e. The Balaban J connectivity index is 2.53. The molecule has 0 saturated heterocycles. The zero-order valence-electron chi connectivity index (χ0n) is 9.84. The van der Waals surface area contributed by atoms with Gasteiger partial charge in [0, 0.05) is 0 Å². The maximum atomic E-state index is 5.23. The summed E-state index contributed by atoms with van der Waals surface area (Å²) in [5.41, 5.74) is 1.48. The van der Waals surface area contributed by atoms with Crippen molar-refractivity contribution in [3.8, 4) is 0 Å². The van der Waals surface area contributed by atoms with Gasteiger partial charge in [-0.2, -0.15) is 0 Å². The van der Waals surface area contributed by atoms with E-state index in [-0.39, 0.29) is 0 Å². The van der Waals surface area contributed by atoms with Crippen LogP contribution in [-0.2, 0) is 4.74 Å². The fraction of sp³-hybridized carbons (Fsp3) is 0.692. The molecule has 0 aromatic carbocycles. The van der Waals surface area contributed by atoms with Gasteiger partial charge in [0.15, 0.2) is 0 Å². The van der Waals surface area contributed by atoms with Crippen molar-refractivity contribution in [1.29, 1.82) is 0 Å². The Morgan fingerprint density at radius 2 is 2.29 bits per heavy atom. The molecular formula is C13H22O. The second-order valence-corrected chi connectivity index (χ2v) is 4.38. The third-order valence-electron chi connectivity index (χ3n) is 3.24. The van der Waals surface area contributed by atoms with Crippen LogP contribution in [0.15, 0.2) is 23.5 Å². The van der Waals surface area contributed by atoms with Gasteiger partial charge in [-0.05, 0) is 43.8 Å². The lowest BCUT2D eigenvalue weighted by atomic mass is 9.84. The van der Waals surface area contributed by atoms with Crippen molar-refractivity contribution in [2.45, 2.75) is 40.0 Å². The maximum absolute atomic E-state index is 5.23. The van der Waals surface area contributed by atoms with Crippen LogP contribution in [-0.4, -0.2) is 7.11 Å². The van der Waals surface area contributed by atoms with Crippen molar-refractivity contribution in [3.63, 3.8) is 0 Å². The Morgan fingerprint density at radius 3 is 2.79 bits per heavy atom. The molecule has 0 saturated carbocycles. The minimum absolute atomic E-state index is 0.740. The summed E-state index contributed by atoms with van der Waals surface area (Å²) in [6.45, 7) is 6.82. The van der Waals surface area contributed by atoms with Crippen molar-refractivity contribution < 1.29 is 4.74 Å². The average molecular weight is 194 g/mol. The fourth-order valence-corrected chi connectivity index (χ4v) is 1.92. The second-order valence-electron chi connectivity index (χ2n) is 4.38. The quantitative estimate of drug-likeness (QED) is 0.659. The summed E-state index contributed by atoms with van der Waals surface area (Å²) >= 11 is 0. The van der Waals surface area contributed by atoms with Gasteiger partial charge in [0.05, 0.1) is 7.11 Å². The Morgan fingerprint density at radius 1 is 1.57 bits per heavy atom. The standard InChI is InChI=1S/C13H22O/c1-5-10(2)8-12-6-7-13(14-4)9-11(12)3/h7,9-10,12H,5-6,8H2,1-4H3. The maximum Gasteiger partial charge on any atom is 0.114 e. The Hall–Kier alpha value is -0.720. The van der Waals surface area contributed by atoms with E-state index < -0.39 is 0 Å². The van der Waals surface area contributed by atoms with Gasteiger partial charge < -0.3 is 4.74 Å². The summed E-state index contributed by atoms with van der Waals surface area (Å²) in [7, 11) is 1.74. The number of allylic oxidation sites excluding steroid dienone is 3. The van der Waals surface area contributed by atoms with E-state index in [9.17, 15) is 0 Å². The van der Waals surface area contributed by atoms with Gasteiger partial charge in [0.2, 0.25) is 0 Å². The highest BCUT2D eigenvalue weighted by molar-refractivity contribution is 5.24. The van der Waals surface area contributed by atoms with Gasteiger partial charge in [-0.25, -0.2) is 0 Å². The molecule has 0 aromatic rings. The summed E-state index contributed by atoms with van der Waals surface area (Å²) in [5.74, 6) is 2.60. The zero-order valence-corrected chi connectivity index (χ0v) is 9.84. The van der Waals surface area contributed by atoms with Gasteiger partial charge in [-0.3, -0.25) is 0 Å². The van der Waals surface area contributed by atoms with Crippen molar-refractivity contribution in [2.75, 3.05) is 7.11 Å². The second kappa shape index (κ2) is 5.23. The van der Waals surface area contributed by atoms with E-state index in [1.165, 1.54) is 18.4 Å². The molecule has 0 heterocycles. The highest BCUT2D eigenvalue weighted by Crippen LogP contribution is 2.30. The summed E-state index contributed by atoms with van der Waals surface area (Å²) in [4.78, 5) is 0. The number of rotatable bonds is 4. The predicted octanol–water partition coefficient (Wildman–Crippen LogP) is 3.92. The lowest BCUT2D eigenvalue weighted by molar-refractivity contribution is 0.297. The molecule has 0 bridgehead atoms. The highest BCUT2D eigenvalue weighted by Gasteiger charge is 2.16. The molecule has 0 N–H and O–H groups in total. The molecule has 1 nitrogen and oxygen atoms in total. The summed E-state index contributed by atoms with van der Waals surface area (Å²) in [5, 5.41) is 0. The first-order chi connectivity index (χ1) is 6.67. The molecule has 0 spiro atoms. The van der Waals surface area contributed by atoms with Crippen molar-refractivity contribution in [3.05, 3.63) is 23.5 Å². The molecule has 2 unspecified atom stereocenters. The van der Waals surface area contributed by atoms with Crippen LogP contribution in [0.1, 0.15) is 40.0 Å². The van der Waals surface area contributed by atoms with Gasteiger partial charge in [-0.1, -0.05) is 25.8 Å². The van der Waals surface area contributed by atoms with Crippen LogP contribution in [0.3, 0.4) is 0 Å². The minimum Gasteiger partial charge on any atom is -0.497 e. The topological polar surface area (TPSA) is 9.23 Å². The van der Waals surface area contributed by atoms with Crippen LogP contribution in [0, 0.1) is 11.8 Å². The van der Waals surface area contributed by atoms with Crippen molar-refractivity contribution >= 4 is 0 Å². The molecule has 1 rings (SSSR count). The van der Waals surface area contributed by atoms with Crippen molar-refractivity contribution in [2.24, 2.45) is 11.8 Å². The predicted molar refractivity (Wildman–Crippen MR) is 61.0 cm³/mol. The third kappa shape index (κ3) is 2.90. The van der Waals surface area contributed by atoms with Crippen LogP contribution in [0.5, 0.6) is 0 Å². The summed E-state index contributed by atoms with van der Waals surface area (Å²) < 4.78 is 5.23. The summed E-state index contributed by atoms with van der Waals surface area (Å²) in [6, 6.07) is 0. The number of hydrogen-bond acceptors (Lipinski definition) is 1. The normalized spacial score (nSPS) is 23.9. The van der Waals surface area contributed by atoms with E-state index in [2.05, 4.69) is 32.9 Å². The third-order valence-corrected chi connectivity index (χ3v) is 3.24. The molecule has 1 heteroatoms. The van der Waals surface area contributed by atoms with E-state index in [0.717, 1.165) is 24.0 Å². The summed E-state index contributed by atoms with van der Waals surface area (Å²) in [6.07, 6.45) is 8.13. The highest BCUT2D eigenvalue weighted by atomic mass is 16.5. The fourth-order valence-electron chi connectivity index (χ4n) is 1.92. The minimum atomic E-state index is 0.740. The van der Waals surface area contributed by atoms with Gasteiger partial charge in [0.25, 0.3) is 0 Å². The van der Waals surface area contributed by atoms with Crippen LogP contribution in [0.4, 0.5) is 0 Å². The molecule has 0 amide bonds. The first kappa shape index (κ1) is 11.4. The monoisotopic (exact) mass is 194 g/mol. The molecule has 0 aliphatic heterocycles. The molecule has 1 aliphatic carbocycles. The average Bonchev–Trinajstić information content (AvgIpc) is 2.20. The van der Waals surface area contributed by atoms with Crippen LogP contribution in [0.2, 0.25) is 0 Å². The lowest BCUT2D eigenvalue weighted by Crippen LogP contribution is -2.10.